The number of methoxy groups -OCH3 is 2. The minimum Gasteiger partial charge on any atom is -0.496 e. The number of ether oxygens (including phenoxy) is 2. The van der Waals surface area contributed by atoms with Gasteiger partial charge < -0.3 is 20.3 Å². The summed E-state index contributed by atoms with van der Waals surface area (Å²) in [5, 5.41) is 9.66. The minimum absolute atomic E-state index is 0.220. The number of hydrogen-bond donors (Lipinski definition) is 2. The van der Waals surface area contributed by atoms with Crippen LogP contribution in [0.4, 0.5) is 5.69 Å². The number of nitrogen functional groups attached to an aromatic ring is 1. The molecule has 3 N–H and O–H groups in total. The van der Waals surface area contributed by atoms with Gasteiger partial charge in [-0.1, -0.05) is 17.9 Å². The van der Waals surface area contributed by atoms with Crippen molar-refractivity contribution in [2.45, 2.75) is 0 Å². The summed E-state index contributed by atoms with van der Waals surface area (Å²) < 4.78 is 10.7. The van der Waals surface area contributed by atoms with Gasteiger partial charge in [0.05, 0.1) is 30.8 Å². The van der Waals surface area contributed by atoms with Gasteiger partial charge in [-0.25, -0.2) is 0 Å². The topological polar surface area (TPSA) is 90.5 Å². The molecule has 0 radical (unpaired) electrons. The molecule has 0 amide bonds. The average Bonchev–Trinajstić information content (AvgIpc) is 2.64. The molecule has 3 rings (SSSR count). The molecule has 0 aliphatic rings. The highest BCUT2D eigenvalue weighted by atomic mass is 16.5. The van der Waals surface area contributed by atoms with E-state index in [1.54, 1.807) is 19.2 Å². The van der Waals surface area contributed by atoms with E-state index in [9.17, 15) is 0 Å². The van der Waals surface area contributed by atoms with Gasteiger partial charge in [0, 0.05) is 16.8 Å². The van der Waals surface area contributed by atoms with Crippen LogP contribution in [0.3, 0.4) is 0 Å². The van der Waals surface area contributed by atoms with Gasteiger partial charge in [-0.05, 0) is 30.3 Å². The first-order chi connectivity index (χ1) is 12.2. The summed E-state index contributed by atoms with van der Waals surface area (Å²) in [5.74, 6) is 6.14. The van der Waals surface area contributed by atoms with Crippen molar-refractivity contribution in [2.24, 2.45) is 0 Å². The van der Waals surface area contributed by atoms with Crippen LogP contribution in [0.1, 0.15) is 5.56 Å². The first-order valence-electron chi connectivity index (χ1n) is 7.55. The Hall–Kier alpha value is -3.30. The van der Waals surface area contributed by atoms with E-state index in [1.165, 1.54) is 7.11 Å². The van der Waals surface area contributed by atoms with Crippen LogP contribution in [0.15, 0.2) is 36.4 Å². The van der Waals surface area contributed by atoms with Crippen molar-refractivity contribution in [3.05, 3.63) is 42.0 Å². The zero-order chi connectivity index (χ0) is 17.8. The van der Waals surface area contributed by atoms with Crippen molar-refractivity contribution < 1.29 is 14.6 Å². The quantitative estimate of drug-likeness (QED) is 0.563. The van der Waals surface area contributed by atoms with E-state index in [0.29, 0.717) is 28.2 Å². The Balaban J connectivity index is 2.32. The van der Waals surface area contributed by atoms with Gasteiger partial charge in [-0.3, -0.25) is 0 Å². The maximum absolute atomic E-state index is 8.90. The van der Waals surface area contributed by atoms with E-state index in [1.807, 2.05) is 24.3 Å². The van der Waals surface area contributed by atoms with E-state index in [-0.39, 0.29) is 12.6 Å². The van der Waals surface area contributed by atoms with Crippen LogP contribution in [0.25, 0.3) is 22.2 Å². The third-order valence-electron chi connectivity index (χ3n) is 3.61. The Kier molecular flexibility index (Phi) is 4.68. The second-order valence-electron chi connectivity index (χ2n) is 5.22. The first kappa shape index (κ1) is 16.6. The SMILES string of the molecule is COc1nc(-c2cc(N)cc(C#CCO)c2)c2c(OC)cccc2n1. The summed E-state index contributed by atoms with van der Waals surface area (Å²) in [4.78, 5) is 8.87. The lowest BCUT2D eigenvalue weighted by Crippen LogP contribution is -1.99. The number of hydrogen-bond acceptors (Lipinski definition) is 6. The lowest BCUT2D eigenvalue weighted by atomic mass is 10.0. The van der Waals surface area contributed by atoms with E-state index < -0.39 is 0 Å². The van der Waals surface area contributed by atoms with E-state index in [0.717, 1.165) is 10.9 Å². The predicted octanol–water partition coefficient (Wildman–Crippen LogP) is 2.24. The molecule has 0 fully saturated rings. The third-order valence-corrected chi connectivity index (χ3v) is 3.61. The zero-order valence-corrected chi connectivity index (χ0v) is 13.9. The van der Waals surface area contributed by atoms with Crippen LogP contribution >= 0.6 is 0 Å². The Morgan fingerprint density at radius 3 is 2.68 bits per heavy atom. The van der Waals surface area contributed by atoms with Crippen LogP contribution in [-0.2, 0) is 0 Å². The fourth-order valence-corrected chi connectivity index (χ4v) is 2.60. The number of aliphatic hydroxyl groups excluding tert-OH is 1. The average molecular weight is 335 g/mol. The maximum Gasteiger partial charge on any atom is 0.317 e. The Morgan fingerprint density at radius 1 is 1.12 bits per heavy atom. The molecule has 0 saturated heterocycles. The van der Waals surface area contributed by atoms with Gasteiger partial charge >= 0.3 is 6.01 Å². The molecule has 0 bridgehead atoms. The molecule has 1 heterocycles. The molecule has 1 aromatic heterocycles. The molecule has 0 unspecified atom stereocenters. The summed E-state index contributed by atoms with van der Waals surface area (Å²) >= 11 is 0. The zero-order valence-electron chi connectivity index (χ0n) is 13.9. The van der Waals surface area contributed by atoms with Crippen LogP contribution in [0.5, 0.6) is 11.8 Å². The second-order valence-corrected chi connectivity index (χ2v) is 5.22. The van der Waals surface area contributed by atoms with Crippen molar-refractivity contribution in [1.82, 2.24) is 9.97 Å². The Labute approximate surface area is 145 Å². The van der Waals surface area contributed by atoms with E-state index in [2.05, 4.69) is 21.8 Å². The summed E-state index contributed by atoms with van der Waals surface area (Å²) in [6.07, 6.45) is 0. The van der Waals surface area contributed by atoms with Gasteiger partial charge in [0.1, 0.15) is 12.4 Å². The number of aliphatic hydroxyl groups is 1. The smallest absolute Gasteiger partial charge is 0.317 e. The summed E-state index contributed by atoms with van der Waals surface area (Å²) in [6, 6.07) is 11.2. The van der Waals surface area contributed by atoms with Gasteiger partial charge in [0.15, 0.2) is 0 Å². The highest BCUT2D eigenvalue weighted by Gasteiger charge is 2.15. The summed E-state index contributed by atoms with van der Waals surface area (Å²) in [5.41, 5.74) is 9.34. The number of fused-ring (bicyclic) bond motifs is 1. The lowest BCUT2D eigenvalue weighted by molar-refractivity contribution is 0.350. The Bertz CT molecular complexity index is 990. The number of anilines is 1. The maximum atomic E-state index is 8.90. The van der Waals surface area contributed by atoms with Gasteiger partial charge in [-0.15, -0.1) is 0 Å². The molecular weight excluding hydrogens is 318 g/mol. The molecular formula is C19H17N3O3. The fraction of sp³-hybridized carbons (Fsp3) is 0.158. The molecule has 3 aromatic rings. The van der Waals surface area contributed by atoms with Crippen LogP contribution < -0.4 is 15.2 Å². The highest BCUT2D eigenvalue weighted by molar-refractivity contribution is 5.97. The van der Waals surface area contributed by atoms with Crippen molar-refractivity contribution in [3.8, 4) is 34.9 Å². The van der Waals surface area contributed by atoms with Crippen LogP contribution in [0, 0.1) is 11.8 Å². The fourth-order valence-electron chi connectivity index (χ4n) is 2.60. The molecule has 25 heavy (non-hydrogen) atoms. The molecule has 0 saturated carbocycles. The Morgan fingerprint density at radius 2 is 1.96 bits per heavy atom. The van der Waals surface area contributed by atoms with Crippen LogP contribution in [-0.4, -0.2) is 35.9 Å². The van der Waals surface area contributed by atoms with Crippen molar-refractivity contribution in [3.63, 3.8) is 0 Å². The normalized spacial score (nSPS) is 10.2. The summed E-state index contributed by atoms with van der Waals surface area (Å²) in [7, 11) is 3.11. The van der Waals surface area contributed by atoms with Gasteiger partial charge in [0.25, 0.3) is 0 Å². The number of rotatable bonds is 3. The molecule has 0 spiro atoms. The van der Waals surface area contributed by atoms with E-state index >= 15 is 0 Å². The first-order valence-corrected chi connectivity index (χ1v) is 7.55. The molecule has 2 aromatic carbocycles. The number of nitrogens with zero attached hydrogens (tertiary/aromatic N) is 2. The molecule has 126 valence electrons. The standard InChI is InChI=1S/C19H17N3O3/c1-24-16-7-3-6-15-17(16)18(22-19(21-15)25-2)13-9-12(5-4-8-23)10-14(20)11-13/h3,6-7,9-11,23H,8,20H2,1-2H3. The number of benzene rings is 2. The van der Waals surface area contributed by atoms with Gasteiger partial charge in [-0.2, -0.15) is 9.97 Å². The highest BCUT2D eigenvalue weighted by Crippen LogP contribution is 2.35. The largest absolute Gasteiger partial charge is 0.496 e. The van der Waals surface area contributed by atoms with Crippen molar-refractivity contribution >= 4 is 16.6 Å². The third kappa shape index (κ3) is 3.32. The second kappa shape index (κ2) is 7.07. The van der Waals surface area contributed by atoms with Gasteiger partial charge in [0.2, 0.25) is 0 Å². The van der Waals surface area contributed by atoms with Crippen LogP contribution in [0.2, 0.25) is 0 Å². The molecule has 6 heteroatoms. The minimum atomic E-state index is -0.220. The predicted molar refractivity (Wildman–Crippen MR) is 96.5 cm³/mol. The van der Waals surface area contributed by atoms with Crippen molar-refractivity contribution in [1.29, 1.82) is 0 Å². The summed E-state index contributed by atoms with van der Waals surface area (Å²) in [6.45, 7) is -0.220. The number of nitrogens with two attached hydrogens (primary N) is 1. The lowest BCUT2D eigenvalue weighted by Gasteiger charge is -2.12. The molecule has 0 atom stereocenters. The molecule has 6 nitrogen and oxygen atoms in total. The van der Waals surface area contributed by atoms with Crippen molar-refractivity contribution in [2.75, 3.05) is 26.6 Å². The van der Waals surface area contributed by atoms with E-state index in [4.69, 9.17) is 20.3 Å². The molecule has 0 aliphatic carbocycles. The molecule has 0 aliphatic heterocycles. The monoisotopic (exact) mass is 335 g/mol. The number of aromatic nitrogens is 2.